The summed E-state index contributed by atoms with van der Waals surface area (Å²) in [5.74, 6) is 0.896. The molecule has 2 atom stereocenters. The van der Waals surface area contributed by atoms with Gasteiger partial charge in [0.15, 0.2) is 5.82 Å². The molecule has 2 saturated heterocycles. The van der Waals surface area contributed by atoms with Gasteiger partial charge in [0.25, 0.3) is 0 Å². The lowest BCUT2D eigenvalue weighted by atomic mass is 9.93. The first kappa shape index (κ1) is 27.6. The first-order chi connectivity index (χ1) is 19.3. The van der Waals surface area contributed by atoms with Crippen LogP contribution >= 0.6 is 11.6 Å². The number of hydrogen-bond acceptors (Lipinski definition) is 7. The number of carbonyl (C=O) groups excluding carboxylic acids is 2. The summed E-state index contributed by atoms with van der Waals surface area (Å²) in [4.78, 5) is 32.3. The number of rotatable bonds is 6. The Bertz CT molecular complexity index is 1320. The van der Waals surface area contributed by atoms with Crippen molar-refractivity contribution in [1.82, 2.24) is 20.0 Å². The van der Waals surface area contributed by atoms with Crippen molar-refractivity contribution in [3.63, 3.8) is 0 Å². The Kier molecular flexibility index (Phi) is 8.35. The zero-order chi connectivity index (χ0) is 28.2. The van der Waals surface area contributed by atoms with Gasteiger partial charge in [0.05, 0.1) is 13.2 Å². The molecule has 2 fully saturated rings. The van der Waals surface area contributed by atoms with Gasteiger partial charge in [0, 0.05) is 56.2 Å². The fraction of sp³-hybridized carbons (Fsp3) is 0.379. The third-order valence-corrected chi connectivity index (χ3v) is 7.96. The monoisotopic (exact) mass is 567 g/mol. The Labute approximate surface area is 237 Å². The summed E-state index contributed by atoms with van der Waals surface area (Å²) in [5.41, 5.74) is 0.985. The van der Waals surface area contributed by atoms with Crippen molar-refractivity contribution in [3.05, 3.63) is 77.1 Å². The summed E-state index contributed by atoms with van der Waals surface area (Å²) in [6.45, 7) is 2.24. The van der Waals surface area contributed by atoms with Crippen molar-refractivity contribution in [2.45, 2.75) is 24.8 Å². The molecule has 40 heavy (non-hydrogen) atoms. The maximum Gasteiger partial charge on any atom is 0.415 e. The van der Waals surface area contributed by atoms with Gasteiger partial charge in [-0.2, -0.15) is 0 Å². The molecule has 0 unspecified atom stereocenters. The van der Waals surface area contributed by atoms with Gasteiger partial charge < -0.3 is 24.2 Å². The van der Waals surface area contributed by atoms with Gasteiger partial charge in [-0.25, -0.2) is 9.18 Å². The Hall–Kier alpha value is -3.92. The average molecular weight is 568 g/mol. The van der Waals surface area contributed by atoms with E-state index in [1.807, 2.05) is 35.2 Å². The highest BCUT2D eigenvalue weighted by atomic mass is 35.5. The minimum absolute atomic E-state index is 0.0854. The predicted octanol–water partition coefficient (Wildman–Crippen LogP) is 4.62. The molecule has 3 heterocycles. The number of amides is 2. The van der Waals surface area contributed by atoms with Crippen molar-refractivity contribution < 1.29 is 23.5 Å². The highest BCUT2D eigenvalue weighted by molar-refractivity contribution is 6.30. The van der Waals surface area contributed by atoms with E-state index < -0.39 is 11.9 Å². The third kappa shape index (κ3) is 6.12. The molecular weight excluding hydrogens is 537 g/mol. The second-order valence-corrected chi connectivity index (χ2v) is 10.5. The van der Waals surface area contributed by atoms with E-state index in [1.54, 1.807) is 20.2 Å². The molecule has 3 aromatic rings. The molecule has 2 amide bonds. The largest absolute Gasteiger partial charge is 0.480 e. The fourth-order valence-corrected chi connectivity index (χ4v) is 5.54. The molecule has 0 spiro atoms. The molecule has 5 rings (SSSR count). The molecule has 0 bridgehead atoms. The number of halogens is 2. The lowest BCUT2D eigenvalue weighted by molar-refractivity contribution is -0.135. The maximum absolute atomic E-state index is 13.7. The number of piperidine rings is 1. The SMILES string of the molecule is COc1ccc(N2CCC(C(=O)N3C[C@@H](N(C)C(=O)Oc4ccc(F)cc4)[C@H](c4ccc(Cl)cc4)C3)CC2)nn1. The zero-order valence-corrected chi connectivity index (χ0v) is 23.1. The van der Waals surface area contributed by atoms with Crippen LogP contribution in [-0.4, -0.2) is 78.4 Å². The van der Waals surface area contributed by atoms with Crippen molar-refractivity contribution in [2.75, 3.05) is 45.2 Å². The first-order valence-corrected chi connectivity index (χ1v) is 13.6. The molecule has 0 saturated carbocycles. The summed E-state index contributed by atoms with van der Waals surface area (Å²) < 4.78 is 23.9. The van der Waals surface area contributed by atoms with Gasteiger partial charge in [-0.1, -0.05) is 23.7 Å². The quantitative estimate of drug-likeness (QED) is 0.429. The van der Waals surface area contributed by atoms with Crippen molar-refractivity contribution >= 4 is 29.4 Å². The highest BCUT2D eigenvalue weighted by Crippen LogP contribution is 2.34. The topological polar surface area (TPSA) is 88.1 Å². The average Bonchev–Trinajstić information content (AvgIpc) is 3.43. The van der Waals surface area contributed by atoms with Crippen LogP contribution in [0.5, 0.6) is 11.6 Å². The van der Waals surface area contributed by atoms with E-state index in [-0.39, 0.29) is 29.5 Å². The number of carbonyl (C=O) groups is 2. The summed E-state index contributed by atoms with van der Waals surface area (Å²) in [7, 11) is 3.22. The summed E-state index contributed by atoms with van der Waals surface area (Å²) in [6.07, 6.45) is 0.822. The van der Waals surface area contributed by atoms with Crippen LogP contribution in [0.2, 0.25) is 5.02 Å². The van der Waals surface area contributed by atoms with Crippen LogP contribution in [0.4, 0.5) is 15.0 Å². The van der Waals surface area contributed by atoms with Crippen molar-refractivity contribution in [2.24, 2.45) is 5.92 Å². The molecule has 0 aliphatic carbocycles. The maximum atomic E-state index is 13.7. The fourth-order valence-electron chi connectivity index (χ4n) is 5.41. The molecule has 11 heteroatoms. The molecule has 2 aliphatic heterocycles. The van der Waals surface area contributed by atoms with Crippen molar-refractivity contribution in [1.29, 1.82) is 0 Å². The number of anilines is 1. The minimum Gasteiger partial charge on any atom is -0.480 e. The van der Waals surface area contributed by atoms with Gasteiger partial charge >= 0.3 is 6.09 Å². The van der Waals surface area contributed by atoms with Crippen LogP contribution in [-0.2, 0) is 4.79 Å². The molecule has 0 radical (unpaired) electrons. The molecule has 1 aromatic heterocycles. The molecule has 2 aromatic carbocycles. The number of aromatic nitrogens is 2. The van der Waals surface area contributed by atoms with Crippen LogP contribution in [0.15, 0.2) is 60.7 Å². The highest BCUT2D eigenvalue weighted by Gasteiger charge is 2.42. The lowest BCUT2D eigenvalue weighted by Crippen LogP contribution is -2.45. The number of benzene rings is 2. The van der Waals surface area contributed by atoms with Gasteiger partial charge in [-0.3, -0.25) is 4.79 Å². The van der Waals surface area contributed by atoms with Gasteiger partial charge in [-0.15, -0.1) is 10.2 Å². The smallest absolute Gasteiger partial charge is 0.415 e. The molecular formula is C29H31ClFN5O4. The Balaban J connectivity index is 1.27. The summed E-state index contributed by atoms with van der Waals surface area (Å²) >= 11 is 6.13. The Morgan fingerprint density at radius 3 is 2.30 bits per heavy atom. The number of methoxy groups -OCH3 is 1. The van der Waals surface area contributed by atoms with E-state index in [4.69, 9.17) is 21.1 Å². The number of nitrogens with zero attached hydrogens (tertiary/aromatic N) is 5. The van der Waals surface area contributed by atoms with Crippen LogP contribution in [0.1, 0.15) is 24.3 Å². The normalized spacial score (nSPS) is 19.4. The van der Waals surface area contributed by atoms with Gasteiger partial charge in [-0.05, 0) is 60.9 Å². The van der Waals surface area contributed by atoms with E-state index in [2.05, 4.69) is 15.1 Å². The van der Waals surface area contributed by atoms with Crippen LogP contribution in [0.25, 0.3) is 0 Å². The molecule has 0 N–H and O–H groups in total. The van der Waals surface area contributed by atoms with E-state index in [9.17, 15) is 14.0 Å². The third-order valence-electron chi connectivity index (χ3n) is 7.71. The minimum atomic E-state index is -0.571. The lowest BCUT2D eigenvalue weighted by Gasteiger charge is -2.33. The van der Waals surface area contributed by atoms with Gasteiger partial charge in [0.2, 0.25) is 11.8 Å². The van der Waals surface area contributed by atoms with E-state index in [0.29, 0.717) is 49.9 Å². The number of hydrogen-bond donors (Lipinski definition) is 0. The Morgan fingerprint density at radius 1 is 0.975 bits per heavy atom. The number of likely N-dealkylation sites (N-methyl/N-ethyl adjacent to an activating group) is 1. The van der Waals surface area contributed by atoms with Crippen LogP contribution < -0.4 is 14.4 Å². The van der Waals surface area contributed by atoms with Crippen molar-refractivity contribution in [3.8, 4) is 11.6 Å². The standard InChI is InChI=1S/C29H31ClFN5O4/c1-34(29(38)40-23-9-7-22(31)8-10-23)25-18-36(17-24(25)19-3-5-21(30)6-4-19)28(37)20-13-15-35(16-14-20)26-11-12-27(39-2)33-32-26/h3-12,20,24-25H,13-18H2,1-2H3/t24-,25+/m0/s1. The molecule has 9 nitrogen and oxygen atoms in total. The van der Waals surface area contributed by atoms with Crippen LogP contribution in [0, 0.1) is 11.7 Å². The predicted molar refractivity (Wildman–Crippen MR) is 148 cm³/mol. The summed E-state index contributed by atoms with van der Waals surface area (Å²) in [6, 6.07) is 16.1. The number of likely N-dealkylation sites (tertiary alicyclic amines) is 1. The van der Waals surface area contributed by atoms with E-state index in [1.165, 1.54) is 29.2 Å². The second kappa shape index (κ2) is 12.1. The van der Waals surface area contributed by atoms with Crippen LogP contribution in [0.3, 0.4) is 0 Å². The zero-order valence-electron chi connectivity index (χ0n) is 22.4. The number of ether oxygens (including phenoxy) is 2. The second-order valence-electron chi connectivity index (χ2n) is 10.1. The first-order valence-electron chi connectivity index (χ1n) is 13.2. The Morgan fingerprint density at radius 2 is 1.68 bits per heavy atom. The van der Waals surface area contributed by atoms with E-state index >= 15 is 0 Å². The van der Waals surface area contributed by atoms with E-state index in [0.717, 1.165) is 11.4 Å². The van der Waals surface area contributed by atoms with Gasteiger partial charge in [0.1, 0.15) is 11.6 Å². The molecule has 2 aliphatic rings. The summed E-state index contributed by atoms with van der Waals surface area (Å²) in [5, 5.41) is 8.89. The molecule has 210 valence electrons.